The molecule has 0 aliphatic rings. The maximum atomic E-state index is 13.2. The molecule has 0 aliphatic carbocycles. The van der Waals surface area contributed by atoms with Gasteiger partial charge in [0.2, 0.25) is 5.91 Å². The summed E-state index contributed by atoms with van der Waals surface area (Å²) in [6.07, 6.45) is -0.133. The van der Waals surface area contributed by atoms with E-state index < -0.39 is 17.4 Å². The predicted octanol–water partition coefficient (Wildman–Crippen LogP) is 3.87. The molecule has 6 heteroatoms. The highest BCUT2D eigenvalue weighted by molar-refractivity contribution is 5.97. The van der Waals surface area contributed by atoms with Crippen LogP contribution in [0.4, 0.5) is 8.78 Å². The molecule has 4 nitrogen and oxygen atoms in total. The van der Waals surface area contributed by atoms with Crippen molar-refractivity contribution in [1.82, 2.24) is 5.32 Å². The maximum absolute atomic E-state index is 13.2. The first kappa shape index (κ1) is 20.7. The van der Waals surface area contributed by atoms with Crippen LogP contribution in [0.2, 0.25) is 0 Å². The third-order valence-electron chi connectivity index (χ3n) is 4.37. The van der Waals surface area contributed by atoms with Crippen LogP contribution in [-0.2, 0) is 4.79 Å². The summed E-state index contributed by atoms with van der Waals surface area (Å²) in [6, 6.07) is 10.5. The first-order valence-electron chi connectivity index (χ1n) is 8.88. The average Bonchev–Trinajstić information content (AvgIpc) is 2.66. The molecule has 0 saturated heterocycles. The summed E-state index contributed by atoms with van der Waals surface area (Å²) in [6.45, 7) is 4.47. The molecule has 27 heavy (non-hydrogen) atoms. The first-order chi connectivity index (χ1) is 12.8. The lowest BCUT2D eigenvalue weighted by Gasteiger charge is -2.14. The van der Waals surface area contributed by atoms with E-state index in [2.05, 4.69) is 19.2 Å². The molecule has 0 fully saturated rings. The Labute approximate surface area is 157 Å². The zero-order valence-electron chi connectivity index (χ0n) is 15.5. The van der Waals surface area contributed by atoms with Gasteiger partial charge in [0.1, 0.15) is 0 Å². The number of carbonyl (C=O) groups is 2. The lowest BCUT2D eigenvalue weighted by atomic mass is 9.99. The van der Waals surface area contributed by atoms with Crippen molar-refractivity contribution in [3.05, 3.63) is 70.8 Å². The molecule has 1 atom stereocenters. The van der Waals surface area contributed by atoms with Gasteiger partial charge < -0.3 is 11.1 Å². The highest BCUT2D eigenvalue weighted by Crippen LogP contribution is 2.17. The molecular weight excluding hydrogens is 350 g/mol. The molecule has 0 radical (unpaired) electrons. The molecule has 1 unspecified atom stereocenters. The largest absolute Gasteiger partial charge is 0.354 e. The Balaban J connectivity index is 1.79. The molecule has 0 saturated carbocycles. The Bertz CT molecular complexity index is 804. The zero-order chi connectivity index (χ0) is 20.0. The fourth-order valence-corrected chi connectivity index (χ4v) is 2.60. The van der Waals surface area contributed by atoms with Crippen molar-refractivity contribution in [2.24, 2.45) is 5.73 Å². The van der Waals surface area contributed by atoms with E-state index in [0.29, 0.717) is 5.92 Å². The minimum atomic E-state index is -1.08. The van der Waals surface area contributed by atoms with Crippen LogP contribution in [0.15, 0.2) is 42.5 Å². The summed E-state index contributed by atoms with van der Waals surface area (Å²) in [5.41, 5.74) is 8.26. The van der Waals surface area contributed by atoms with Gasteiger partial charge in [0, 0.05) is 31.0 Å². The molecule has 3 N–H and O–H groups in total. The highest BCUT2D eigenvalue weighted by atomic mass is 19.2. The average molecular weight is 374 g/mol. The van der Waals surface area contributed by atoms with E-state index in [0.717, 1.165) is 17.7 Å². The Morgan fingerprint density at radius 3 is 2.19 bits per heavy atom. The fourth-order valence-electron chi connectivity index (χ4n) is 2.60. The van der Waals surface area contributed by atoms with Crippen molar-refractivity contribution in [2.45, 2.75) is 38.6 Å². The molecule has 0 aromatic heterocycles. The van der Waals surface area contributed by atoms with E-state index >= 15 is 0 Å². The van der Waals surface area contributed by atoms with E-state index in [9.17, 15) is 18.4 Å². The van der Waals surface area contributed by atoms with Crippen LogP contribution < -0.4 is 11.1 Å². The van der Waals surface area contributed by atoms with Crippen LogP contribution in [0.5, 0.6) is 0 Å². The number of carbonyl (C=O) groups excluding carboxylic acids is 2. The number of nitrogens with two attached hydrogens (primary N) is 1. The zero-order valence-corrected chi connectivity index (χ0v) is 15.5. The van der Waals surface area contributed by atoms with Crippen LogP contribution in [0.1, 0.15) is 60.1 Å². The van der Waals surface area contributed by atoms with Gasteiger partial charge in [-0.05, 0) is 35.2 Å². The molecule has 0 spiro atoms. The Morgan fingerprint density at radius 1 is 0.963 bits per heavy atom. The summed E-state index contributed by atoms with van der Waals surface area (Å²) in [5.74, 6) is -2.40. The molecule has 2 aromatic rings. The molecular formula is C21H24F2N2O2. The molecule has 2 aromatic carbocycles. The maximum Gasteiger partial charge on any atom is 0.220 e. The van der Waals surface area contributed by atoms with Crippen molar-refractivity contribution < 1.29 is 18.4 Å². The molecule has 0 bridgehead atoms. The molecule has 1 amide bonds. The minimum Gasteiger partial charge on any atom is -0.354 e. The van der Waals surface area contributed by atoms with Gasteiger partial charge in [-0.15, -0.1) is 0 Å². The van der Waals surface area contributed by atoms with Gasteiger partial charge in [0.05, 0.1) is 0 Å². The number of halogens is 2. The van der Waals surface area contributed by atoms with E-state index in [1.54, 1.807) is 0 Å². The van der Waals surface area contributed by atoms with Crippen LogP contribution in [-0.4, -0.2) is 18.2 Å². The number of hydrogen-bond donors (Lipinski definition) is 2. The van der Waals surface area contributed by atoms with Crippen LogP contribution in [0.3, 0.4) is 0 Å². The van der Waals surface area contributed by atoms with E-state index in [1.807, 2.05) is 24.3 Å². The summed E-state index contributed by atoms with van der Waals surface area (Å²) < 4.78 is 26.0. The van der Waals surface area contributed by atoms with Gasteiger partial charge in [-0.3, -0.25) is 9.59 Å². The van der Waals surface area contributed by atoms with Crippen LogP contribution >= 0.6 is 0 Å². The number of hydrogen-bond acceptors (Lipinski definition) is 3. The van der Waals surface area contributed by atoms with Gasteiger partial charge in [0.25, 0.3) is 0 Å². The van der Waals surface area contributed by atoms with Crippen molar-refractivity contribution in [2.75, 3.05) is 6.54 Å². The third kappa shape index (κ3) is 5.96. The van der Waals surface area contributed by atoms with E-state index in [4.69, 9.17) is 5.73 Å². The number of Topliss-reactive ketones (excluding diaryl/α,β-unsaturated/α-hetero) is 1. The third-order valence-corrected chi connectivity index (χ3v) is 4.37. The van der Waals surface area contributed by atoms with Crippen molar-refractivity contribution in [3.8, 4) is 0 Å². The summed E-state index contributed by atoms with van der Waals surface area (Å²) >= 11 is 0. The molecule has 0 aliphatic heterocycles. The van der Waals surface area contributed by atoms with Gasteiger partial charge in [0.15, 0.2) is 17.4 Å². The number of nitrogens with one attached hydrogen (secondary N) is 1. The summed E-state index contributed by atoms with van der Waals surface area (Å²) in [5, 5.41) is 2.70. The van der Waals surface area contributed by atoms with E-state index in [-0.39, 0.29) is 36.9 Å². The SMILES string of the molecule is CC(C)c1ccc(C(N)CNC(=O)CCC(=O)c2ccc(F)c(F)c2)cc1. The monoisotopic (exact) mass is 374 g/mol. The Kier molecular flexibility index (Phi) is 7.19. The summed E-state index contributed by atoms with van der Waals surface area (Å²) in [7, 11) is 0. The number of rotatable bonds is 8. The van der Waals surface area contributed by atoms with Gasteiger partial charge >= 0.3 is 0 Å². The van der Waals surface area contributed by atoms with E-state index in [1.165, 1.54) is 11.6 Å². The van der Waals surface area contributed by atoms with Gasteiger partial charge in [-0.25, -0.2) is 8.78 Å². The number of ketones is 1. The number of amides is 1. The second-order valence-electron chi connectivity index (χ2n) is 6.78. The molecule has 0 heterocycles. The van der Waals surface area contributed by atoms with Gasteiger partial charge in [-0.2, -0.15) is 0 Å². The topological polar surface area (TPSA) is 72.2 Å². The standard InChI is InChI=1S/C21H24F2N2O2/c1-13(2)14-3-5-15(6-4-14)19(24)12-25-21(27)10-9-20(26)16-7-8-17(22)18(23)11-16/h3-8,11,13,19H,9-10,12,24H2,1-2H3,(H,25,27). The quantitative estimate of drug-likeness (QED) is 0.689. The second kappa shape index (κ2) is 9.37. The predicted molar refractivity (Wildman–Crippen MR) is 100 cm³/mol. The van der Waals surface area contributed by atoms with Crippen LogP contribution in [0, 0.1) is 11.6 Å². The Morgan fingerprint density at radius 2 is 1.59 bits per heavy atom. The first-order valence-corrected chi connectivity index (χ1v) is 8.88. The minimum absolute atomic E-state index is 0.0448. The van der Waals surface area contributed by atoms with Crippen molar-refractivity contribution in [1.29, 1.82) is 0 Å². The fraction of sp³-hybridized carbons (Fsp3) is 0.333. The summed E-state index contributed by atoms with van der Waals surface area (Å²) in [4.78, 5) is 23.9. The van der Waals surface area contributed by atoms with Crippen molar-refractivity contribution >= 4 is 11.7 Å². The molecule has 144 valence electrons. The van der Waals surface area contributed by atoms with Crippen molar-refractivity contribution in [3.63, 3.8) is 0 Å². The lowest BCUT2D eigenvalue weighted by molar-refractivity contribution is -0.121. The van der Waals surface area contributed by atoms with Crippen LogP contribution in [0.25, 0.3) is 0 Å². The second-order valence-corrected chi connectivity index (χ2v) is 6.78. The molecule has 2 rings (SSSR count). The smallest absolute Gasteiger partial charge is 0.220 e. The highest BCUT2D eigenvalue weighted by Gasteiger charge is 2.13. The number of benzene rings is 2. The normalized spacial score (nSPS) is 12.1. The van der Waals surface area contributed by atoms with Gasteiger partial charge in [-0.1, -0.05) is 38.1 Å². The Hall–Kier alpha value is -2.60. The lowest BCUT2D eigenvalue weighted by Crippen LogP contribution is -2.32.